The Kier molecular flexibility index (Phi) is 7.01. The molecule has 1 heterocycles. The summed E-state index contributed by atoms with van der Waals surface area (Å²) in [5.74, 6) is 1.08. The zero-order valence-corrected chi connectivity index (χ0v) is 18.6. The van der Waals surface area contributed by atoms with Gasteiger partial charge in [-0.1, -0.05) is 42.1 Å². The number of amides is 1. The molecule has 32 heavy (non-hydrogen) atoms. The first-order chi connectivity index (χ1) is 15.6. The first-order valence-corrected chi connectivity index (χ1v) is 11.4. The van der Waals surface area contributed by atoms with Gasteiger partial charge >= 0.3 is 0 Å². The number of methoxy groups -OCH3 is 1. The number of thioether (sulfide) groups is 1. The molecule has 8 heteroatoms. The van der Waals surface area contributed by atoms with Gasteiger partial charge in [-0.15, -0.1) is 0 Å². The Balaban J connectivity index is 1.43. The lowest BCUT2D eigenvalue weighted by molar-refractivity contribution is -0.118. The molecule has 0 saturated carbocycles. The highest BCUT2D eigenvalue weighted by Crippen LogP contribution is 2.31. The van der Waals surface area contributed by atoms with Crippen LogP contribution in [-0.2, 0) is 17.6 Å². The van der Waals surface area contributed by atoms with Gasteiger partial charge in [-0.3, -0.25) is 4.79 Å². The van der Waals surface area contributed by atoms with Crippen LogP contribution in [-0.4, -0.2) is 40.1 Å². The van der Waals surface area contributed by atoms with Crippen LogP contribution in [0.25, 0.3) is 11.4 Å². The fourth-order valence-corrected chi connectivity index (χ4v) is 4.39. The Hall–Kier alpha value is -3.39. The molecule has 1 aliphatic carbocycles. The molecule has 3 aromatic rings. The fourth-order valence-electron chi connectivity index (χ4n) is 3.51. The predicted molar refractivity (Wildman–Crippen MR) is 125 cm³/mol. The standard InChI is InChI=1S/C24H24N4O3S/c1-31-21-13-16(11-12-20(21)29)14-25-28-22(30)15-32-24-18-9-5-6-10-19(18)26-23(27-24)17-7-3-2-4-8-17/h2-4,7-8,11-14,29H,5-6,9-10,15H2,1H3,(H,28,30)/b25-14-. The highest BCUT2D eigenvalue weighted by molar-refractivity contribution is 7.99. The van der Waals surface area contributed by atoms with Gasteiger partial charge in [-0.25, -0.2) is 15.4 Å². The summed E-state index contributed by atoms with van der Waals surface area (Å²) in [5.41, 5.74) is 6.47. The number of aromatic hydroxyl groups is 1. The molecule has 2 N–H and O–H groups in total. The van der Waals surface area contributed by atoms with Crippen LogP contribution in [0.2, 0.25) is 0 Å². The molecule has 0 unspecified atom stereocenters. The molecule has 1 aromatic heterocycles. The van der Waals surface area contributed by atoms with Gasteiger partial charge in [-0.2, -0.15) is 5.10 Å². The van der Waals surface area contributed by atoms with Gasteiger partial charge < -0.3 is 9.84 Å². The minimum Gasteiger partial charge on any atom is -0.504 e. The first-order valence-electron chi connectivity index (χ1n) is 10.4. The minimum atomic E-state index is -0.221. The van der Waals surface area contributed by atoms with E-state index in [4.69, 9.17) is 14.7 Å². The molecule has 1 aliphatic rings. The van der Waals surface area contributed by atoms with Crippen LogP contribution in [0.3, 0.4) is 0 Å². The smallest absolute Gasteiger partial charge is 0.250 e. The molecule has 164 valence electrons. The number of phenolic OH excluding ortho intramolecular Hbond substituents is 1. The molecule has 0 saturated heterocycles. The zero-order valence-electron chi connectivity index (χ0n) is 17.7. The number of aromatic nitrogens is 2. The van der Waals surface area contributed by atoms with Crippen molar-refractivity contribution in [2.24, 2.45) is 5.10 Å². The summed E-state index contributed by atoms with van der Waals surface area (Å²) in [5, 5.41) is 14.5. The van der Waals surface area contributed by atoms with Crippen molar-refractivity contribution < 1.29 is 14.6 Å². The van der Waals surface area contributed by atoms with E-state index < -0.39 is 0 Å². The monoisotopic (exact) mass is 448 g/mol. The lowest BCUT2D eigenvalue weighted by Crippen LogP contribution is -2.20. The molecule has 0 atom stereocenters. The Morgan fingerprint density at radius 1 is 1.19 bits per heavy atom. The van der Waals surface area contributed by atoms with Crippen LogP contribution >= 0.6 is 11.8 Å². The second-order valence-corrected chi connectivity index (χ2v) is 8.33. The molecule has 7 nitrogen and oxygen atoms in total. The normalized spacial score (nSPS) is 13.0. The van der Waals surface area contributed by atoms with E-state index in [9.17, 15) is 9.90 Å². The van der Waals surface area contributed by atoms with E-state index in [1.165, 1.54) is 31.2 Å². The Bertz CT molecular complexity index is 1140. The summed E-state index contributed by atoms with van der Waals surface area (Å²) < 4.78 is 5.07. The highest BCUT2D eigenvalue weighted by atomic mass is 32.2. The molecular formula is C24H24N4O3S. The van der Waals surface area contributed by atoms with Crippen molar-refractivity contribution in [3.05, 3.63) is 65.4 Å². The molecule has 2 aromatic carbocycles. The van der Waals surface area contributed by atoms with Crippen molar-refractivity contribution in [1.82, 2.24) is 15.4 Å². The number of hydrogen-bond acceptors (Lipinski definition) is 7. The second kappa shape index (κ2) is 10.3. The van der Waals surface area contributed by atoms with Gasteiger partial charge in [-0.05, 0) is 49.4 Å². The number of aryl methyl sites for hydroxylation is 1. The molecule has 0 bridgehead atoms. The third-order valence-electron chi connectivity index (χ3n) is 5.12. The van der Waals surface area contributed by atoms with Crippen molar-refractivity contribution in [3.63, 3.8) is 0 Å². The lowest BCUT2D eigenvalue weighted by Gasteiger charge is -2.18. The first kappa shape index (κ1) is 21.8. The molecule has 1 amide bonds. The SMILES string of the molecule is COc1cc(/C=N\NC(=O)CSc2nc(-c3ccccc3)nc3c2CCCC3)ccc1O. The minimum absolute atomic E-state index is 0.0492. The number of carbonyl (C=O) groups excluding carboxylic acids is 1. The van der Waals surface area contributed by atoms with E-state index in [0.29, 0.717) is 17.1 Å². The number of carbonyl (C=O) groups is 1. The van der Waals surface area contributed by atoms with Crippen LogP contribution in [0.5, 0.6) is 11.5 Å². The van der Waals surface area contributed by atoms with Gasteiger partial charge in [0.05, 0.1) is 19.1 Å². The van der Waals surface area contributed by atoms with Crippen molar-refractivity contribution in [2.75, 3.05) is 12.9 Å². The average Bonchev–Trinajstić information content (AvgIpc) is 2.84. The quantitative estimate of drug-likeness (QED) is 0.246. The Morgan fingerprint density at radius 3 is 2.81 bits per heavy atom. The summed E-state index contributed by atoms with van der Waals surface area (Å²) in [6.07, 6.45) is 5.62. The Labute approximate surface area is 191 Å². The van der Waals surface area contributed by atoms with Crippen molar-refractivity contribution in [3.8, 4) is 22.9 Å². The van der Waals surface area contributed by atoms with Crippen molar-refractivity contribution >= 4 is 23.9 Å². The number of hydrazone groups is 1. The second-order valence-electron chi connectivity index (χ2n) is 7.36. The summed E-state index contributed by atoms with van der Waals surface area (Å²) in [6.45, 7) is 0. The van der Waals surface area contributed by atoms with E-state index in [1.54, 1.807) is 12.1 Å². The largest absolute Gasteiger partial charge is 0.504 e. The number of nitrogens with one attached hydrogen (secondary N) is 1. The number of benzene rings is 2. The van der Waals surface area contributed by atoms with Crippen LogP contribution in [0.4, 0.5) is 0 Å². The number of phenols is 1. The molecule has 0 fully saturated rings. The van der Waals surface area contributed by atoms with Gasteiger partial charge in [0.1, 0.15) is 5.03 Å². The third kappa shape index (κ3) is 5.26. The van der Waals surface area contributed by atoms with Gasteiger partial charge in [0.15, 0.2) is 17.3 Å². The van der Waals surface area contributed by atoms with Crippen LogP contribution < -0.4 is 10.2 Å². The van der Waals surface area contributed by atoms with E-state index in [0.717, 1.165) is 47.5 Å². The van der Waals surface area contributed by atoms with Crippen LogP contribution in [0, 0.1) is 0 Å². The number of fused-ring (bicyclic) bond motifs is 1. The number of hydrogen-bond donors (Lipinski definition) is 2. The molecule has 4 rings (SSSR count). The molecule has 0 aliphatic heterocycles. The van der Waals surface area contributed by atoms with Crippen molar-refractivity contribution in [1.29, 1.82) is 0 Å². The Morgan fingerprint density at radius 2 is 2.00 bits per heavy atom. The van der Waals surface area contributed by atoms with E-state index >= 15 is 0 Å². The lowest BCUT2D eigenvalue weighted by atomic mass is 9.97. The average molecular weight is 449 g/mol. The fraction of sp³-hybridized carbons (Fsp3) is 0.250. The van der Waals surface area contributed by atoms with E-state index in [-0.39, 0.29) is 17.4 Å². The van der Waals surface area contributed by atoms with Gasteiger partial charge in [0, 0.05) is 16.8 Å². The van der Waals surface area contributed by atoms with Crippen LogP contribution in [0.1, 0.15) is 29.7 Å². The zero-order chi connectivity index (χ0) is 22.3. The van der Waals surface area contributed by atoms with Gasteiger partial charge in [0.25, 0.3) is 0 Å². The summed E-state index contributed by atoms with van der Waals surface area (Å²) in [6, 6.07) is 14.7. The van der Waals surface area contributed by atoms with Crippen molar-refractivity contribution in [2.45, 2.75) is 30.7 Å². The van der Waals surface area contributed by atoms with Gasteiger partial charge in [0.2, 0.25) is 5.91 Å². The number of ether oxygens (including phenoxy) is 1. The predicted octanol–water partition coefficient (Wildman–Crippen LogP) is 3.98. The van der Waals surface area contributed by atoms with E-state index in [1.807, 2.05) is 30.3 Å². The maximum Gasteiger partial charge on any atom is 0.250 e. The summed E-state index contributed by atoms with van der Waals surface area (Å²) in [4.78, 5) is 21.9. The topological polar surface area (TPSA) is 96.7 Å². The molecule has 0 spiro atoms. The maximum atomic E-state index is 12.4. The summed E-state index contributed by atoms with van der Waals surface area (Å²) >= 11 is 1.42. The molecule has 0 radical (unpaired) electrons. The van der Waals surface area contributed by atoms with Crippen LogP contribution in [0.15, 0.2) is 58.7 Å². The van der Waals surface area contributed by atoms with E-state index in [2.05, 4.69) is 10.5 Å². The third-order valence-corrected chi connectivity index (χ3v) is 6.14. The summed E-state index contributed by atoms with van der Waals surface area (Å²) in [7, 11) is 1.48. The maximum absolute atomic E-state index is 12.4. The molecular weight excluding hydrogens is 424 g/mol. The number of rotatable bonds is 7. The highest BCUT2D eigenvalue weighted by Gasteiger charge is 2.19. The number of nitrogens with zero attached hydrogens (tertiary/aromatic N) is 3.